The molecule has 2 fully saturated rings. The third-order valence-corrected chi connectivity index (χ3v) is 6.31. The van der Waals surface area contributed by atoms with E-state index in [1.807, 2.05) is 12.1 Å². The van der Waals surface area contributed by atoms with Crippen molar-refractivity contribution in [3.05, 3.63) is 29.8 Å². The Morgan fingerprint density at radius 2 is 2.08 bits per heavy atom. The minimum atomic E-state index is 0.173. The number of nitrogens with one attached hydrogen (secondary N) is 2. The molecule has 1 heterocycles. The molecule has 1 spiro atoms. The van der Waals surface area contributed by atoms with Crippen LogP contribution in [0.2, 0.25) is 0 Å². The number of carbonyl (C=O) groups is 1. The Bertz CT molecular complexity index is 609. The van der Waals surface area contributed by atoms with Crippen molar-refractivity contribution in [2.45, 2.75) is 39.2 Å². The zero-order valence-corrected chi connectivity index (χ0v) is 16.4. The van der Waals surface area contributed by atoms with Gasteiger partial charge in [0.25, 0.3) is 0 Å². The summed E-state index contributed by atoms with van der Waals surface area (Å²) in [4.78, 5) is 15.2. The molecule has 1 saturated heterocycles. The summed E-state index contributed by atoms with van der Waals surface area (Å²) in [7, 11) is 1.69. The summed E-state index contributed by atoms with van der Waals surface area (Å²) in [5, 5.41) is 6.66. The number of carbonyl (C=O) groups excluding carboxylic acids is 1. The van der Waals surface area contributed by atoms with Crippen molar-refractivity contribution < 1.29 is 9.53 Å². The molecule has 0 bridgehead atoms. The Hall–Kier alpha value is -1.59. The van der Waals surface area contributed by atoms with Gasteiger partial charge in [-0.05, 0) is 68.6 Å². The molecule has 5 heteroatoms. The Labute approximate surface area is 157 Å². The maximum atomic E-state index is 12.8. The highest BCUT2D eigenvalue weighted by atomic mass is 16.5. The molecule has 2 aliphatic rings. The van der Waals surface area contributed by atoms with Crippen molar-refractivity contribution in [3.8, 4) is 5.75 Å². The summed E-state index contributed by atoms with van der Waals surface area (Å²) in [6.45, 7) is 9.00. The molecule has 0 radical (unpaired) electrons. The second-order valence-corrected chi connectivity index (χ2v) is 7.63. The number of methoxy groups -OCH3 is 1. The van der Waals surface area contributed by atoms with Gasteiger partial charge in [0.1, 0.15) is 5.75 Å². The highest BCUT2D eigenvalue weighted by Gasteiger charge is 2.57. The van der Waals surface area contributed by atoms with E-state index in [1.165, 1.54) is 5.56 Å². The topological polar surface area (TPSA) is 53.6 Å². The predicted molar refractivity (Wildman–Crippen MR) is 104 cm³/mol. The first-order chi connectivity index (χ1) is 12.6. The maximum absolute atomic E-state index is 12.8. The molecule has 0 aromatic heterocycles. The molecule has 5 nitrogen and oxygen atoms in total. The van der Waals surface area contributed by atoms with Gasteiger partial charge in [-0.15, -0.1) is 0 Å². The van der Waals surface area contributed by atoms with Gasteiger partial charge in [0.15, 0.2) is 0 Å². The predicted octanol–water partition coefficient (Wildman–Crippen LogP) is 2.58. The number of rotatable bonds is 8. The molecule has 3 rings (SSSR count). The number of ether oxygens (including phenoxy) is 1. The normalized spacial score (nSPS) is 22.2. The fourth-order valence-corrected chi connectivity index (χ4v) is 4.49. The Morgan fingerprint density at radius 3 is 2.73 bits per heavy atom. The van der Waals surface area contributed by atoms with Crippen LogP contribution < -0.4 is 15.4 Å². The van der Waals surface area contributed by atoms with Crippen LogP contribution >= 0.6 is 0 Å². The molecular weight excluding hydrogens is 326 g/mol. The third kappa shape index (κ3) is 4.04. The molecule has 26 heavy (non-hydrogen) atoms. The lowest BCUT2D eigenvalue weighted by molar-refractivity contribution is -0.123. The van der Waals surface area contributed by atoms with Crippen molar-refractivity contribution in [1.29, 1.82) is 0 Å². The van der Waals surface area contributed by atoms with Crippen LogP contribution in [0.3, 0.4) is 0 Å². The maximum Gasteiger partial charge on any atom is 0.223 e. The van der Waals surface area contributed by atoms with Gasteiger partial charge in [-0.2, -0.15) is 0 Å². The third-order valence-electron chi connectivity index (χ3n) is 6.31. The van der Waals surface area contributed by atoms with Crippen LogP contribution in [0.4, 0.5) is 0 Å². The molecule has 1 saturated carbocycles. The van der Waals surface area contributed by atoms with Crippen LogP contribution in [-0.4, -0.2) is 50.6 Å². The molecule has 1 aromatic rings. The molecule has 144 valence electrons. The van der Waals surface area contributed by atoms with Crippen LogP contribution in [-0.2, 0) is 4.79 Å². The first kappa shape index (κ1) is 19.2. The molecule has 1 aliphatic heterocycles. The van der Waals surface area contributed by atoms with Crippen molar-refractivity contribution in [2.75, 3.05) is 39.8 Å². The van der Waals surface area contributed by atoms with E-state index in [0.717, 1.165) is 51.2 Å². The fourth-order valence-electron chi connectivity index (χ4n) is 4.49. The van der Waals surface area contributed by atoms with E-state index in [1.54, 1.807) is 7.11 Å². The van der Waals surface area contributed by atoms with Gasteiger partial charge in [-0.25, -0.2) is 0 Å². The van der Waals surface area contributed by atoms with Crippen molar-refractivity contribution in [1.82, 2.24) is 15.5 Å². The van der Waals surface area contributed by atoms with Gasteiger partial charge in [0.05, 0.1) is 13.2 Å². The minimum absolute atomic E-state index is 0.173. The van der Waals surface area contributed by atoms with Crippen molar-refractivity contribution >= 4 is 5.91 Å². The lowest BCUT2D eigenvalue weighted by Crippen LogP contribution is -2.39. The second-order valence-electron chi connectivity index (χ2n) is 7.63. The molecule has 1 amide bonds. The first-order valence-electron chi connectivity index (χ1n) is 10.00. The lowest BCUT2D eigenvalue weighted by Gasteiger charge is -2.31. The van der Waals surface area contributed by atoms with Crippen molar-refractivity contribution in [3.63, 3.8) is 0 Å². The van der Waals surface area contributed by atoms with Gasteiger partial charge in [-0.1, -0.05) is 26.0 Å². The van der Waals surface area contributed by atoms with Gasteiger partial charge in [0, 0.05) is 12.5 Å². The van der Waals surface area contributed by atoms with E-state index in [9.17, 15) is 4.79 Å². The lowest BCUT2D eigenvalue weighted by atomic mass is 9.91. The summed E-state index contributed by atoms with van der Waals surface area (Å²) in [6.07, 6.45) is 3.34. The van der Waals surface area contributed by atoms with Gasteiger partial charge < -0.3 is 15.4 Å². The first-order valence-corrected chi connectivity index (χ1v) is 10.00. The van der Waals surface area contributed by atoms with Crippen LogP contribution in [0.15, 0.2) is 24.3 Å². The number of likely N-dealkylation sites (N-methyl/N-ethyl adjacent to an activating group) is 1. The summed E-state index contributed by atoms with van der Waals surface area (Å²) in [5.74, 6) is 1.32. The number of hydrogen-bond acceptors (Lipinski definition) is 4. The van der Waals surface area contributed by atoms with E-state index >= 15 is 0 Å². The summed E-state index contributed by atoms with van der Waals surface area (Å²) < 4.78 is 5.39. The number of piperidine rings is 1. The largest absolute Gasteiger partial charge is 0.497 e. The van der Waals surface area contributed by atoms with Crippen molar-refractivity contribution in [2.24, 2.45) is 11.3 Å². The standard InChI is InChI=1S/C21H33N3O2/c1-4-24(5-2)19(16-7-6-8-17(13-16)26-3)15-23-20(25)18-14-21(18)9-11-22-12-10-21/h6-8,13,18-19,22H,4-5,9-12,14-15H2,1-3H3,(H,23,25). The zero-order valence-electron chi connectivity index (χ0n) is 16.4. The number of hydrogen-bond donors (Lipinski definition) is 2. The highest BCUT2D eigenvalue weighted by Crippen LogP contribution is 2.58. The van der Waals surface area contributed by atoms with E-state index < -0.39 is 0 Å². The van der Waals surface area contributed by atoms with Crippen LogP contribution in [0.1, 0.15) is 44.7 Å². The number of nitrogens with zero attached hydrogens (tertiary/aromatic N) is 1. The quantitative estimate of drug-likeness (QED) is 0.749. The molecule has 2 unspecified atom stereocenters. The van der Waals surface area contributed by atoms with Gasteiger partial charge in [0.2, 0.25) is 5.91 Å². The Kier molecular flexibility index (Phi) is 6.20. The van der Waals surface area contributed by atoms with Crippen LogP contribution in [0, 0.1) is 11.3 Å². The monoisotopic (exact) mass is 359 g/mol. The van der Waals surface area contributed by atoms with Gasteiger partial charge >= 0.3 is 0 Å². The van der Waals surface area contributed by atoms with Gasteiger partial charge in [-0.3, -0.25) is 9.69 Å². The molecule has 2 atom stereocenters. The molecule has 1 aromatic carbocycles. The molecule has 1 aliphatic carbocycles. The number of amides is 1. The smallest absolute Gasteiger partial charge is 0.223 e. The summed E-state index contributed by atoms with van der Waals surface area (Å²) in [6, 6.07) is 8.37. The van der Waals surface area contributed by atoms with E-state index in [2.05, 4.69) is 41.5 Å². The zero-order chi connectivity index (χ0) is 18.6. The average Bonchev–Trinajstić information content (AvgIpc) is 3.38. The Morgan fingerprint density at radius 1 is 1.35 bits per heavy atom. The molecule has 2 N–H and O–H groups in total. The van der Waals surface area contributed by atoms with E-state index in [-0.39, 0.29) is 23.3 Å². The summed E-state index contributed by atoms with van der Waals surface area (Å²) in [5.41, 5.74) is 1.48. The minimum Gasteiger partial charge on any atom is -0.497 e. The average molecular weight is 360 g/mol. The highest BCUT2D eigenvalue weighted by molar-refractivity contribution is 5.82. The number of benzene rings is 1. The Balaban J connectivity index is 1.65. The molecular formula is C21H33N3O2. The second kappa shape index (κ2) is 8.40. The fraction of sp³-hybridized carbons (Fsp3) is 0.667. The van der Waals surface area contributed by atoms with E-state index in [0.29, 0.717) is 6.54 Å². The van der Waals surface area contributed by atoms with Crippen LogP contribution in [0.25, 0.3) is 0 Å². The summed E-state index contributed by atoms with van der Waals surface area (Å²) >= 11 is 0. The van der Waals surface area contributed by atoms with E-state index in [4.69, 9.17) is 4.74 Å². The SMILES string of the molecule is CCN(CC)C(CNC(=O)C1CC12CCNCC2)c1cccc(OC)c1. The van der Waals surface area contributed by atoms with Crippen LogP contribution in [0.5, 0.6) is 5.75 Å².